The van der Waals surface area contributed by atoms with E-state index < -0.39 is 0 Å². The van der Waals surface area contributed by atoms with Crippen LogP contribution < -0.4 is 28.9 Å². The first kappa shape index (κ1) is 20.6. The fraction of sp³-hybridized carbons (Fsp3) is 0.350. The second-order valence-corrected chi connectivity index (χ2v) is 7.03. The summed E-state index contributed by atoms with van der Waals surface area (Å²) in [4.78, 5) is 13.0. The fourth-order valence-corrected chi connectivity index (χ4v) is 3.81. The van der Waals surface area contributed by atoms with E-state index in [2.05, 4.69) is 0 Å². The Labute approximate surface area is 162 Å². The molecular formula is C20H26O6Si. The second kappa shape index (κ2) is 9.32. The number of ketones is 1. The van der Waals surface area contributed by atoms with Crippen molar-refractivity contribution in [2.75, 3.05) is 35.5 Å². The Balaban J connectivity index is 2.28. The van der Waals surface area contributed by atoms with Crippen LogP contribution in [-0.2, 0) is 6.42 Å². The summed E-state index contributed by atoms with van der Waals surface area (Å²) in [5, 5.41) is 0.918. The number of Topliss-reactive ketones (excluding diaryl/α,β-unsaturated/α-hetero) is 1. The Morgan fingerprint density at radius 1 is 0.815 bits per heavy atom. The summed E-state index contributed by atoms with van der Waals surface area (Å²) in [7, 11) is 8.50. The summed E-state index contributed by atoms with van der Waals surface area (Å²) in [6.45, 7) is 0. The minimum atomic E-state index is 0.00703. The summed E-state index contributed by atoms with van der Waals surface area (Å²) in [5.41, 5.74) is 1.57. The minimum absolute atomic E-state index is 0.00703. The molecule has 2 aromatic carbocycles. The highest BCUT2D eigenvalue weighted by Gasteiger charge is 2.23. The Morgan fingerprint density at radius 2 is 1.44 bits per heavy atom. The maximum absolute atomic E-state index is 13.0. The maximum Gasteiger partial charge on any atom is 0.204 e. The van der Waals surface area contributed by atoms with Gasteiger partial charge in [0.05, 0.1) is 41.1 Å². The largest absolute Gasteiger partial charge is 0.493 e. The molecule has 0 bridgehead atoms. The van der Waals surface area contributed by atoms with E-state index >= 15 is 0 Å². The predicted octanol–water partition coefficient (Wildman–Crippen LogP) is 1.54. The molecule has 0 radical (unpaired) electrons. The van der Waals surface area contributed by atoms with E-state index in [-0.39, 0.29) is 5.78 Å². The Bertz CT molecular complexity index is 819. The number of carbonyl (C=O) groups excluding carboxylic acids is 1. The molecule has 0 fully saturated rings. The molecule has 146 valence electrons. The predicted molar refractivity (Wildman–Crippen MR) is 108 cm³/mol. The van der Waals surface area contributed by atoms with E-state index in [4.69, 9.17) is 23.7 Å². The number of ether oxygens (including phenoxy) is 5. The molecule has 6 nitrogen and oxygen atoms in total. The molecule has 0 spiro atoms. The van der Waals surface area contributed by atoms with Crippen molar-refractivity contribution in [3.63, 3.8) is 0 Å². The van der Waals surface area contributed by atoms with Crippen LogP contribution in [0, 0.1) is 0 Å². The molecule has 0 aliphatic carbocycles. The molecule has 0 aromatic heterocycles. The number of carbonyl (C=O) groups is 1. The zero-order valence-corrected chi connectivity index (χ0v) is 18.7. The van der Waals surface area contributed by atoms with Crippen LogP contribution in [0.2, 0.25) is 0 Å². The first-order chi connectivity index (χ1) is 13.0. The van der Waals surface area contributed by atoms with Crippen LogP contribution in [0.4, 0.5) is 0 Å². The third kappa shape index (κ3) is 4.36. The number of hydrogen-bond donors (Lipinski definition) is 0. The van der Waals surface area contributed by atoms with Crippen molar-refractivity contribution >= 4 is 21.2 Å². The molecule has 0 N–H and O–H groups in total. The molecule has 0 atom stereocenters. The van der Waals surface area contributed by atoms with Gasteiger partial charge in [0, 0.05) is 16.7 Å². The van der Waals surface area contributed by atoms with Crippen LogP contribution in [0.5, 0.6) is 28.7 Å². The zero-order chi connectivity index (χ0) is 20.0. The van der Waals surface area contributed by atoms with Gasteiger partial charge in [-0.05, 0) is 30.2 Å². The molecule has 0 unspecified atom stereocenters. The van der Waals surface area contributed by atoms with E-state index in [1.54, 1.807) is 21.3 Å². The first-order valence-corrected chi connectivity index (χ1v) is 9.54. The monoisotopic (exact) mass is 390 g/mol. The van der Waals surface area contributed by atoms with Gasteiger partial charge in [0.25, 0.3) is 0 Å². The average Bonchev–Trinajstić information content (AvgIpc) is 2.70. The molecule has 0 saturated carbocycles. The third-order valence-electron chi connectivity index (χ3n) is 4.39. The third-order valence-corrected chi connectivity index (χ3v) is 5.18. The molecule has 7 heteroatoms. The molecule has 2 rings (SSSR count). The molecule has 0 aliphatic rings. The summed E-state index contributed by atoms with van der Waals surface area (Å²) in [6.07, 6.45) is 0.925. The van der Waals surface area contributed by atoms with Crippen LogP contribution in [0.15, 0.2) is 24.3 Å². The highest BCUT2D eigenvalue weighted by molar-refractivity contribution is 6.37. The van der Waals surface area contributed by atoms with Crippen LogP contribution in [0.1, 0.15) is 22.3 Å². The van der Waals surface area contributed by atoms with Crippen molar-refractivity contribution < 1.29 is 28.5 Å². The van der Waals surface area contributed by atoms with Gasteiger partial charge in [-0.25, -0.2) is 0 Å². The van der Waals surface area contributed by atoms with Gasteiger partial charge < -0.3 is 23.7 Å². The first-order valence-electron chi connectivity index (χ1n) is 8.54. The smallest absolute Gasteiger partial charge is 0.204 e. The lowest BCUT2D eigenvalue weighted by Crippen LogP contribution is -2.19. The molecule has 0 amide bonds. The summed E-state index contributed by atoms with van der Waals surface area (Å²) >= 11 is 0. The van der Waals surface area contributed by atoms with Crippen LogP contribution in [0.25, 0.3) is 0 Å². The lowest BCUT2D eigenvalue weighted by Gasteiger charge is -2.17. The van der Waals surface area contributed by atoms with E-state index in [0.717, 1.165) is 10.8 Å². The van der Waals surface area contributed by atoms with Crippen molar-refractivity contribution in [1.82, 2.24) is 0 Å². The highest BCUT2D eigenvalue weighted by atomic mass is 28.1. The zero-order valence-electron chi connectivity index (χ0n) is 16.7. The summed E-state index contributed by atoms with van der Waals surface area (Å²) < 4.78 is 26.8. The quantitative estimate of drug-likeness (QED) is 0.478. The van der Waals surface area contributed by atoms with Gasteiger partial charge >= 0.3 is 0 Å². The highest BCUT2D eigenvalue weighted by Crippen LogP contribution is 2.39. The van der Waals surface area contributed by atoms with E-state index in [9.17, 15) is 4.79 Å². The van der Waals surface area contributed by atoms with Gasteiger partial charge in [-0.15, -0.1) is 0 Å². The molecule has 0 aliphatic heterocycles. The number of rotatable bonds is 9. The lowest BCUT2D eigenvalue weighted by atomic mass is 10.0. The molecule has 2 aromatic rings. The van der Waals surface area contributed by atoms with Gasteiger partial charge in [0.1, 0.15) is 0 Å². The number of aryl methyl sites for hydroxylation is 1. The number of benzene rings is 2. The van der Waals surface area contributed by atoms with Crippen molar-refractivity contribution in [3.8, 4) is 28.7 Å². The Hall–Kier alpha value is -2.67. The van der Waals surface area contributed by atoms with Gasteiger partial charge in [-0.2, -0.15) is 0 Å². The number of hydrogen-bond acceptors (Lipinski definition) is 6. The average molecular weight is 391 g/mol. The van der Waals surface area contributed by atoms with Gasteiger partial charge in [-0.3, -0.25) is 4.79 Å². The van der Waals surface area contributed by atoms with E-state index in [1.807, 2.05) is 24.3 Å². The topological polar surface area (TPSA) is 63.2 Å². The lowest BCUT2D eigenvalue weighted by molar-refractivity contribution is 0.0980. The molecular weight excluding hydrogens is 364 g/mol. The van der Waals surface area contributed by atoms with Crippen molar-refractivity contribution in [2.45, 2.75) is 12.8 Å². The molecule has 27 heavy (non-hydrogen) atoms. The van der Waals surface area contributed by atoms with Crippen LogP contribution in [0.3, 0.4) is 0 Å². The molecule has 0 saturated heterocycles. The van der Waals surface area contributed by atoms with Crippen molar-refractivity contribution in [1.29, 1.82) is 0 Å². The summed E-state index contributed by atoms with van der Waals surface area (Å²) in [5.74, 6) is 2.75. The standard InChI is InChI=1S/C20H26O6Si/c1-22-14-9-7-12(10-15(14)23-2)6-8-13(21)18-17(27)11-16(24-3)19(25-4)20(18)26-5/h7,9-11H,6,8H2,1-5,27H3. The van der Waals surface area contributed by atoms with Crippen molar-refractivity contribution in [3.05, 3.63) is 35.4 Å². The Kier molecular flexibility index (Phi) is 7.12. The maximum atomic E-state index is 13.0. The minimum Gasteiger partial charge on any atom is -0.493 e. The number of methoxy groups -OCH3 is 5. The van der Waals surface area contributed by atoms with Gasteiger partial charge in [0.15, 0.2) is 28.8 Å². The van der Waals surface area contributed by atoms with E-state index in [1.165, 1.54) is 14.2 Å². The van der Waals surface area contributed by atoms with E-state index in [0.29, 0.717) is 57.4 Å². The van der Waals surface area contributed by atoms with Crippen LogP contribution >= 0.6 is 0 Å². The van der Waals surface area contributed by atoms with Gasteiger partial charge in [-0.1, -0.05) is 11.3 Å². The van der Waals surface area contributed by atoms with Crippen LogP contribution in [-0.4, -0.2) is 51.6 Å². The second-order valence-electron chi connectivity index (χ2n) is 5.95. The Morgan fingerprint density at radius 3 is 2.00 bits per heavy atom. The molecule has 0 heterocycles. The fourth-order valence-electron chi connectivity index (χ4n) is 3.04. The van der Waals surface area contributed by atoms with Crippen molar-refractivity contribution in [2.24, 2.45) is 0 Å². The van der Waals surface area contributed by atoms with Gasteiger partial charge in [0.2, 0.25) is 5.75 Å². The normalized spacial score (nSPS) is 10.4. The SMILES string of the molecule is COc1ccc(CCC(=O)c2c([SiH3])cc(OC)c(OC)c2OC)cc1OC. The summed E-state index contributed by atoms with van der Waals surface area (Å²) in [6, 6.07) is 7.51.